The van der Waals surface area contributed by atoms with Gasteiger partial charge in [0.1, 0.15) is 5.75 Å². The van der Waals surface area contributed by atoms with E-state index in [1.807, 2.05) is 49.4 Å². The molecule has 2 rings (SSSR count). The van der Waals surface area contributed by atoms with Gasteiger partial charge in [-0.25, -0.2) is 4.79 Å². The van der Waals surface area contributed by atoms with Gasteiger partial charge in [0.25, 0.3) is 0 Å². The maximum absolute atomic E-state index is 12.5. The number of esters is 1. The largest absolute Gasteiger partial charge is 0.473 e. The molecule has 0 saturated heterocycles. The molecular formula is C24H30O4. The highest BCUT2D eigenvalue weighted by molar-refractivity contribution is 5.96. The summed E-state index contributed by atoms with van der Waals surface area (Å²) in [7, 11) is 1.37. The first-order chi connectivity index (χ1) is 13.5. The fraction of sp³-hybridized carbons (Fsp3) is 0.417. The van der Waals surface area contributed by atoms with Gasteiger partial charge in [0.15, 0.2) is 5.78 Å². The van der Waals surface area contributed by atoms with E-state index >= 15 is 0 Å². The first-order valence-corrected chi connectivity index (χ1v) is 10.0. The van der Waals surface area contributed by atoms with Crippen molar-refractivity contribution in [3.8, 4) is 5.75 Å². The van der Waals surface area contributed by atoms with Crippen LogP contribution < -0.4 is 4.74 Å². The lowest BCUT2D eigenvalue weighted by Crippen LogP contribution is -2.21. The average molecular weight is 383 g/mol. The van der Waals surface area contributed by atoms with Gasteiger partial charge in [-0.05, 0) is 36.1 Å². The van der Waals surface area contributed by atoms with E-state index in [4.69, 9.17) is 9.47 Å². The molecule has 2 aromatic rings. The number of ether oxygens (including phenoxy) is 2. The van der Waals surface area contributed by atoms with Gasteiger partial charge in [-0.3, -0.25) is 4.79 Å². The molecule has 0 aliphatic heterocycles. The number of methoxy groups -OCH3 is 1. The van der Waals surface area contributed by atoms with Gasteiger partial charge in [-0.1, -0.05) is 63.9 Å². The number of Topliss-reactive ketones (excluding diaryl/α,β-unsaturated/α-hetero) is 1. The number of carbonyl (C=O) groups excluding carboxylic acids is 2. The van der Waals surface area contributed by atoms with Crippen LogP contribution in [0.3, 0.4) is 0 Å². The molecule has 28 heavy (non-hydrogen) atoms. The van der Waals surface area contributed by atoms with Crippen molar-refractivity contribution in [3.63, 3.8) is 0 Å². The quantitative estimate of drug-likeness (QED) is 0.403. The van der Waals surface area contributed by atoms with Gasteiger partial charge in [-0.15, -0.1) is 0 Å². The zero-order valence-electron chi connectivity index (χ0n) is 17.3. The molecule has 1 unspecified atom stereocenters. The van der Waals surface area contributed by atoms with E-state index in [1.165, 1.54) is 7.11 Å². The Kier molecular flexibility index (Phi) is 8.24. The molecule has 0 N–H and O–H groups in total. The third kappa shape index (κ3) is 5.22. The third-order valence-corrected chi connectivity index (χ3v) is 4.68. The normalized spacial score (nSPS) is 11.7. The Bertz CT molecular complexity index is 769. The van der Waals surface area contributed by atoms with Crippen LogP contribution >= 0.6 is 0 Å². The Labute approximate surface area is 167 Å². The number of aryl methyl sites for hydroxylation is 2. The van der Waals surface area contributed by atoms with Crippen molar-refractivity contribution >= 4 is 11.8 Å². The fourth-order valence-electron chi connectivity index (χ4n) is 3.29. The average Bonchev–Trinajstić information content (AvgIpc) is 2.73. The van der Waals surface area contributed by atoms with Crippen molar-refractivity contribution in [1.29, 1.82) is 0 Å². The summed E-state index contributed by atoms with van der Waals surface area (Å²) in [5, 5.41) is 0. The van der Waals surface area contributed by atoms with Crippen LogP contribution in [0.4, 0.5) is 0 Å². The second-order valence-electron chi connectivity index (χ2n) is 6.83. The van der Waals surface area contributed by atoms with Crippen molar-refractivity contribution in [1.82, 2.24) is 0 Å². The number of hydrogen-bond acceptors (Lipinski definition) is 4. The van der Waals surface area contributed by atoms with E-state index in [9.17, 15) is 9.59 Å². The predicted octanol–water partition coefficient (Wildman–Crippen LogP) is 5.48. The van der Waals surface area contributed by atoms with E-state index in [0.29, 0.717) is 12.2 Å². The molecule has 0 aromatic heterocycles. The van der Waals surface area contributed by atoms with Gasteiger partial charge >= 0.3 is 5.97 Å². The summed E-state index contributed by atoms with van der Waals surface area (Å²) in [6, 6.07) is 13.2. The van der Waals surface area contributed by atoms with Gasteiger partial charge in [-0.2, -0.15) is 0 Å². The molecule has 0 bridgehead atoms. The Morgan fingerprint density at radius 3 is 1.96 bits per heavy atom. The third-order valence-electron chi connectivity index (χ3n) is 4.68. The van der Waals surface area contributed by atoms with Crippen LogP contribution in [0.15, 0.2) is 42.5 Å². The van der Waals surface area contributed by atoms with Crippen LogP contribution in [-0.2, 0) is 22.4 Å². The first kappa shape index (κ1) is 21.7. The second kappa shape index (κ2) is 10.6. The van der Waals surface area contributed by atoms with Crippen molar-refractivity contribution in [2.24, 2.45) is 0 Å². The number of rotatable bonds is 10. The molecule has 0 spiro atoms. The summed E-state index contributed by atoms with van der Waals surface area (Å²) in [6.45, 7) is 6.05. The predicted molar refractivity (Wildman–Crippen MR) is 111 cm³/mol. The first-order valence-electron chi connectivity index (χ1n) is 10.0. The molecule has 4 nitrogen and oxygen atoms in total. The SMILES string of the molecule is CCCc1cc(C(=O)CC)cc(CCC)c1OC(C(=O)OC)c1ccccc1. The lowest BCUT2D eigenvalue weighted by molar-refractivity contribution is -0.149. The number of hydrogen-bond donors (Lipinski definition) is 0. The minimum Gasteiger partial charge on any atom is -0.473 e. The summed E-state index contributed by atoms with van der Waals surface area (Å²) in [6.07, 6.45) is 3.01. The highest BCUT2D eigenvalue weighted by atomic mass is 16.6. The van der Waals surface area contributed by atoms with Crippen LogP contribution in [0.25, 0.3) is 0 Å². The van der Waals surface area contributed by atoms with Crippen LogP contribution in [-0.4, -0.2) is 18.9 Å². The minimum atomic E-state index is -0.842. The highest BCUT2D eigenvalue weighted by Crippen LogP contribution is 2.33. The monoisotopic (exact) mass is 382 g/mol. The summed E-state index contributed by atoms with van der Waals surface area (Å²) in [5.74, 6) is 0.384. The number of benzene rings is 2. The van der Waals surface area contributed by atoms with Crippen molar-refractivity contribution in [2.45, 2.75) is 59.0 Å². The van der Waals surface area contributed by atoms with Crippen molar-refractivity contribution in [2.75, 3.05) is 7.11 Å². The number of ketones is 1. The molecule has 150 valence electrons. The minimum absolute atomic E-state index is 0.119. The standard InChI is InChI=1S/C24H30O4/c1-5-11-18-15-20(21(25)7-3)16-19(12-6-2)22(18)28-23(24(26)27-4)17-13-9-8-10-14-17/h8-10,13-16,23H,5-7,11-12H2,1-4H3. The zero-order chi connectivity index (χ0) is 20.5. The smallest absolute Gasteiger partial charge is 0.351 e. The molecule has 0 aliphatic rings. The summed E-state index contributed by atoms with van der Waals surface area (Å²) < 4.78 is 11.3. The van der Waals surface area contributed by atoms with E-state index < -0.39 is 12.1 Å². The molecule has 0 amide bonds. The molecule has 0 saturated carbocycles. The Morgan fingerprint density at radius 1 is 0.929 bits per heavy atom. The van der Waals surface area contributed by atoms with E-state index in [2.05, 4.69) is 13.8 Å². The van der Waals surface area contributed by atoms with Crippen molar-refractivity contribution < 1.29 is 19.1 Å². The molecule has 1 atom stereocenters. The second-order valence-corrected chi connectivity index (χ2v) is 6.83. The van der Waals surface area contributed by atoms with E-state index in [-0.39, 0.29) is 5.78 Å². The van der Waals surface area contributed by atoms with E-state index in [1.54, 1.807) is 0 Å². The van der Waals surface area contributed by atoms with Crippen LogP contribution in [0.2, 0.25) is 0 Å². The molecule has 4 heteroatoms. The van der Waals surface area contributed by atoms with Gasteiger partial charge in [0, 0.05) is 17.5 Å². The Balaban J connectivity index is 2.56. The molecular weight excluding hydrogens is 352 g/mol. The van der Waals surface area contributed by atoms with E-state index in [0.717, 1.165) is 47.9 Å². The van der Waals surface area contributed by atoms with Crippen LogP contribution in [0, 0.1) is 0 Å². The maximum atomic E-state index is 12.5. The zero-order valence-corrected chi connectivity index (χ0v) is 17.3. The van der Waals surface area contributed by atoms with Crippen LogP contribution in [0.5, 0.6) is 5.75 Å². The summed E-state index contributed by atoms with van der Waals surface area (Å²) in [5.41, 5.74) is 3.40. The Hall–Kier alpha value is -2.62. The molecule has 0 heterocycles. The molecule has 0 aliphatic carbocycles. The fourth-order valence-corrected chi connectivity index (χ4v) is 3.29. The lowest BCUT2D eigenvalue weighted by atomic mass is 9.95. The lowest BCUT2D eigenvalue weighted by Gasteiger charge is -2.23. The molecule has 0 radical (unpaired) electrons. The summed E-state index contributed by atoms with van der Waals surface area (Å²) >= 11 is 0. The Morgan fingerprint density at radius 2 is 1.50 bits per heavy atom. The van der Waals surface area contributed by atoms with Gasteiger partial charge in [0.05, 0.1) is 7.11 Å². The number of carbonyl (C=O) groups is 2. The highest BCUT2D eigenvalue weighted by Gasteiger charge is 2.26. The molecule has 0 fully saturated rings. The van der Waals surface area contributed by atoms with Crippen LogP contribution in [0.1, 0.15) is 73.2 Å². The molecule has 2 aromatic carbocycles. The van der Waals surface area contributed by atoms with Gasteiger partial charge in [0.2, 0.25) is 6.10 Å². The maximum Gasteiger partial charge on any atom is 0.351 e. The topological polar surface area (TPSA) is 52.6 Å². The van der Waals surface area contributed by atoms with Gasteiger partial charge < -0.3 is 9.47 Å². The van der Waals surface area contributed by atoms with Crippen molar-refractivity contribution in [3.05, 3.63) is 64.7 Å². The summed E-state index contributed by atoms with van der Waals surface area (Å²) in [4.78, 5) is 24.8.